The molecule has 34 heavy (non-hydrogen) atoms. The van der Waals surface area contributed by atoms with Gasteiger partial charge in [0.2, 0.25) is 5.91 Å². The Morgan fingerprint density at radius 1 is 1.15 bits per heavy atom. The maximum Gasteiger partial charge on any atom is 0.234 e. The molecule has 1 N–H and O–H groups in total. The van der Waals surface area contributed by atoms with E-state index in [1.165, 1.54) is 27.8 Å². The summed E-state index contributed by atoms with van der Waals surface area (Å²) in [7, 11) is 0. The molecule has 2 aromatic carbocycles. The Morgan fingerprint density at radius 3 is 2.76 bits per heavy atom. The number of aromatic nitrogens is 2. The summed E-state index contributed by atoms with van der Waals surface area (Å²) in [5, 5.41) is 4.97. The Morgan fingerprint density at radius 2 is 1.97 bits per heavy atom. The van der Waals surface area contributed by atoms with Crippen molar-refractivity contribution in [1.82, 2.24) is 9.97 Å². The lowest BCUT2D eigenvalue weighted by atomic mass is 9.94. The van der Waals surface area contributed by atoms with Crippen molar-refractivity contribution >= 4 is 44.9 Å². The third kappa shape index (κ3) is 5.17. The fraction of sp³-hybridized carbons (Fsp3) is 0.296. The molecule has 0 unspecified atom stereocenters. The molecule has 5 rings (SSSR count). The number of fused-ring (bicyclic) bond motifs is 3. The van der Waals surface area contributed by atoms with Gasteiger partial charge in [0.1, 0.15) is 15.7 Å². The zero-order valence-electron chi connectivity index (χ0n) is 19.6. The number of amides is 1. The van der Waals surface area contributed by atoms with Crippen molar-refractivity contribution in [3.8, 4) is 0 Å². The van der Waals surface area contributed by atoms with Gasteiger partial charge in [0.15, 0.2) is 0 Å². The van der Waals surface area contributed by atoms with Gasteiger partial charge in [0.05, 0.1) is 18.0 Å². The molecule has 1 aliphatic heterocycles. The van der Waals surface area contributed by atoms with Gasteiger partial charge in [-0.1, -0.05) is 54.2 Å². The third-order valence-corrected chi connectivity index (χ3v) is 7.87. The average Bonchev–Trinajstić information content (AvgIpc) is 3.15. The lowest BCUT2D eigenvalue weighted by Gasteiger charge is -2.30. The number of rotatable bonds is 6. The minimum Gasteiger partial charge on any atom is -0.370 e. The van der Waals surface area contributed by atoms with Crippen LogP contribution in [0.15, 0.2) is 59.6 Å². The van der Waals surface area contributed by atoms with Gasteiger partial charge in [0, 0.05) is 28.8 Å². The standard InChI is InChI=1S/C27H27N3O2S2/c1-17-8-7-11-19(12-17)28-23(31)16-33-25-24-20-14-27(2,3)32-15-21(20)34-26(24)30-22(29-25)13-18-9-5-4-6-10-18/h4-12H,13-16H2,1-3H3,(H,28,31). The minimum atomic E-state index is -0.228. The number of thioether (sulfide) groups is 1. The summed E-state index contributed by atoms with van der Waals surface area (Å²) in [6, 6.07) is 18.1. The van der Waals surface area contributed by atoms with Crippen molar-refractivity contribution in [2.75, 3.05) is 11.1 Å². The second-order valence-electron chi connectivity index (χ2n) is 9.22. The van der Waals surface area contributed by atoms with E-state index in [9.17, 15) is 4.79 Å². The van der Waals surface area contributed by atoms with Crippen LogP contribution in [0.25, 0.3) is 10.2 Å². The van der Waals surface area contributed by atoms with E-state index in [0.717, 1.165) is 38.7 Å². The van der Waals surface area contributed by atoms with Crippen molar-refractivity contribution in [3.05, 3.63) is 82.0 Å². The van der Waals surface area contributed by atoms with Crippen molar-refractivity contribution in [2.24, 2.45) is 0 Å². The Labute approximate surface area is 208 Å². The monoisotopic (exact) mass is 489 g/mol. The summed E-state index contributed by atoms with van der Waals surface area (Å²) >= 11 is 3.17. The highest BCUT2D eigenvalue weighted by atomic mass is 32.2. The van der Waals surface area contributed by atoms with E-state index >= 15 is 0 Å². The van der Waals surface area contributed by atoms with Crippen LogP contribution in [-0.2, 0) is 29.0 Å². The van der Waals surface area contributed by atoms with Crippen molar-refractivity contribution in [2.45, 2.75) is 50.8 Å². The highest BCUT2D eigenvalue weighted by Crippen LogP contribution is 2.41. The molecule has 0 aliphatic carbocycles. The molecule has 0 atom stereocenters. The summed E-state index contributed by atoms with van der Waals surface area (Å²) in [6.45, 7) is 6.84. The van der Waals surface area contributed by atoms with Crippen LogP contribution in [0.2, 0.25) is 0 Å². The number of aryl methyl sites for hydroxylation is 1. The summed E-state index contributed by atoms with van der Waals surface area (Å²) in [4.78, 5) is 24.8. The molecule has 3 heterocycles. The smallest absolute Gasteiger partial charge is 0.234 e. The van der Waals surface area contributed by atoms with E-state index in [4.69, 9.17) is 14.7 Å². The van der Waals surface area contributed by atoms with Gasteiger partial charge in [-0.15, -0.1) is 11.3 Å². The van der Waals surface area contributed by atoms with Gasteiger partial charge in [0.25, 0.3) is 0 Å². The first-order chi connectivity index (χ1) is 16.4. The number of hydrogen-bond acceptors (Lipinski definition) is 6. The van der Waals surface area contributed by atoms with Crippen LogP contribution in [0, 0.1) is 6.92 Å². The van der Waals surface area contributed by atoms with Gasteiger partial charge >= 0.3 is 0 Å². The highest BCUT2D eigenvalue weighted by Gasteiger charge is 2.31. The van der Waals surface area contributed by atoms with Crippen LogP contribution in [0.4, 0.5) is 5.69 Å². The maximum absolute atomic E-state index is 12.7. The second-order valence-corrected chi connectivity index (χ2v) is 11.3. The lowest BCUT2D eigenvalue weighted by Crippen LogP contribution is -2.31. The van der Waals surface area contributed by atoms with E-state index in [1.54, 1.807) is 11.3 Å². The predicted molar refractivity (Wildman–Crippen MR) is 140 cm³/mol. The molecule has 4 aromatic rings. The molecule has 174 valence electrons. The van der Waals surface area contributed by atoms with Gasteiger partial charge in [-0.3, -0.25) is 4.79 Å². The van der Waals surface area contributed by atoms with E-state index in [1.807, 2.05) is 49.4 Å². The van der Waals surface area contributed by atoms with Crippen LogP contribution in [0.3, 0.4) is 0 Å². The fourth-order valence-electron chi connectivity index (χ4n) is 4.17. The molecule has 0 bridgehead atoms. The Balaban J connectivity index is 1.46. The molecule has 1 aliphatic rings. The summed E-state index contributed by atoms with van der Waals surface area (Å²) in [5.74, 6) is 1.02. The number of benzene rings is 2. The molecular formula is C27H27N3O2S2. The Kier molecular flexibility index (Phi) is 6.42. The fourth-order valence-corrected chi connectivity index (χ4v) is 6.23. The van der Waals surface area contributed by atoms with Gasteiger partial charge in [-0.25, -0.2) is 9.97 Å². The average molecular weight is 490 g/mol. The molecule has 0 radical (unpaired) electrons. The molecule has 5 nitrogen and oxygen atoms in total. The first-order valence-corrected chi connectivity index (χ1v) is 13.1. The summed E-state index contributed by atoms with van der Waals surface area (Å²) in [6.07, 6.45) is 1.47. The quantitative estimate of drug-likeness (QED) is 0.259. The van der Waals surface area contributed by atoms with E-state index in [-0.39, 0.29) is 17.3 Å². The molecule has 0 saturated carbocycles. The summed E-state index contributed by atoms with van der Waals surface area (Å²) in [5.41, 5.74) is 4.14. The highest BCUT2D eigenvalue weighted by molar-refractivity contribution is 8.00. The van der Waals surface area contributed by atoms with Gasteiger partial charge < -0.3 is 10.1 Å². The van der Waals surface area contributed by atoms with Gasteiger partial charge in [-0.05, 0) is 49.6 Å². The first-order valence-electron chi connectivity index (χ1n) is 11.3. The zero-order chi connectivity index (χ0) is 23.7. The van der Waals surface area contributed by atoms with Crippen LogP contribution < -0.4 is 5.32 Å². The van der Waals surface area contributed by atoms with Crippen LogP contribution in [0.1, 0.15) is 41.2 Å². The zero-order valence-corrected chi connectivity index (χ0v) is 21.2. The number of ether oxygens (including phenoxy) is 1. The normalized spacial score (nSPS) is 14.7. The minimum absolute atomic E-state index is 0.0419. The largest absolute Gasteiger partial charge is 0.370 e. The second kappa shape index (κ2) is 9.49. The van der Waals surface area contributed by atoms with Crippen LogP contribution in [0.5, 0.6) is 0 Å². The number of carbonyl (C=O) groups excluding carboxylic acids is 1. The third-order valence-electron chi connectivity index (χ3n) is 5.79. The summed E-state index contributed by atoms with van der Waals surface area (Å²) < 4.78 is 6.05. The van der Waals surface area contributed by atoms with Crippen molar-refractivity contribution < 1.29 is 9.53 Å². The number of nitrogens with zero attached hydrogens (tertiary/aromatic N) is 2. The Hall–Kier alpha value is -2.74. The number of nitrogens with one attached hydrogen (secondary N) is 1. The molecule has 2 aromatic heterocycles. The predicted octanol–water partition coefficient (Wildman–Crippen LogP) is 6.17. The molecule has 0 fully saturated rings. The van der Waals surface area contributed by atoms with Crippen molar-refractivity contribution in [3.63, 3.8) is 0 Å². The number of anilines is 1. The SMILES string of the molecule is Cc1cccc(NC(=O)CSc2nc(Cc3ccccc3)nc3sc4c(c23)CC(C)(C)OC4)c1. The first kappa shape index (κ1) is 23.0. The molecule has 0 spiro atoms. The number of thiophene rings is 1. The number of hydrogen-bond donors (Lipinski definition) is 1. The number of carbonyl (C=O) groups is 1. The molecule has 0 saturated heterocycles. The topological polar surface area (TPSA) is 64.1 Å². The van der Waals surface area contributed by atoms with E-state index in [2.05, 4.69) is 31.3 Å². The molecular weight excluding hydrogens is 462 g/mol. The van der Waals surface area contributed by atoms with Gasteiger partial charge in [-0.2, -0.15) is 0 Å². The Bertz CT molecular complexity index is 1350. The van der Waals surface area contributed by atoms with Crippen LogP contribution in [-0.4, -0.2) is 27.2 Å². The van der Waals surface area contributed by atoms with Crippen molar-refractivity contribution in [1.29, 1.82) is 0 Å². The van der Waals surface area contributed by atoms with Crippen LogP contribution >= 0.6 is 23.1 Å². The van der Waals surface area contributed by atoms with E-state index in [0.29, 0.717) is 13.0 Å². The molecule has 1 amide bonds. The molecule has 7 heteroatoms. The lowest BCUT2D eigenvalue weighted by molar-refractivity contribution is -0.113. The maximum atomic E-state index is 12.7. The van der Waals surface area contributed by atoms with E-state index < -0.39 is 0 Å².